The van der Waals surface area contributed by atoms with E-state index in [-0.39, 0.29) is 5.91 Å². The van der Waals surface area contributed by atoms with Gasteiger partial charge in [0, 0.05) is 19.6 Å². The predicted octanol–water partition coefficient (Wildman–Crippen LogP) is 0.840. The van der Waals surface area contributed by atoms with Crippen molar-refractivity contribution in [2.75, 3.05) is 25.4 Å². The maximum Gasteiger partial charge on any atom is 0.237 e. The fraction of sp³-hybridized carbons (Fsp3) is 0.533. The summed E-state index contributed by atoms with van der Waals surface area (Å²) < 4.78 is 23.7. The van der Waals surface area contributed by atoms with Gasteiger partial charge in [-0.2, -0.15) is 0 Å². The lowest BCUT2D eigenvalue weighted by Crippen LogP contribution is -2.41. The molecular formula is C15H24N2O3S. The zero-order valence-corrected chi connectivity index (χ0v) is 13.5. The van der Waals surface area contributed by atoms with Gasteiger partial charge < -0.3 is 10.6 Å². The third kappa shape index (κ3) is 5.85. The van der Waals surface area contributed by atoms with Crippen molar-refractivity contribution in [2.45, 2.75) is 25.5 Å². The van der Waals surface area contributed by atoms with Crippen LogP contribution in [0.25, 0.3) is 0 Å². The van der Waals surface area contributed by atoms with Crippen LogP contribution in [0.15, 0.2) is 30.3 Å². The van der Waals surface area contributed by atoms with Crippen LogP contribution in [0.3, 0.4) is 0 Å². The molecule has 6 heteroatoms. The highest BCUT2D eigenvalue weighted by Gasteiger charge is 2.24. The van der Waals surface area contributed by atoms with E-state index in [0.717, 1.165) is 5.56 Å². The number of nitrogens with two attached hydrogens (primary N) is 1. The summed E-state index contributed by atoms with van der Waals surface area (Å²) in [7, 11) is -3.38. The lowest BCUT2D eigenvalue weighted by Gasteiger charge is -2.22. The van der Waals surface area contributed by atoms with E-state index in [1.807, 2.05) is 30.3 Å². The molecule has 0 heterocycles. The fourth-order valence-electron chi connectivity index (χ4n) is 1.86. The Morgan fingerprint density at radius 1 is 1.19 bits per heavy atom. The number of nitrogens with zero attached hydrogens (tertiary/aromatic N) is 1. The molecule has 0 aromatic heterocycles. The lowest BCUT2D eigenvalue weighted by molar-refractivity contribution is -0.128. The van der Waals surface area contributed by atoms with E-state index in [0.29, 0.717) is 26.1 Å². The molecule has 2 N–H and O–H groups in total. The van der Waals surface area contributed by atoms with Crippen LogP contribution in [0.2, 0.25) is 0 Å². The number of sulfone groups is 1. The van der Waals surface area contributed by atoms with Crippen LogP contribution in [-0.2, 0) is 21.1 Å². The molecule has 1 amide bonds. The number of hydrogen-bond acceptors (Lipinski definition) is 4. The number of benzene rings is 1. The summed E-state index contributed by atoms with van der Waals surface area (Å²) >= 11 is 0. The van der Waals surface area contributed by atoms with Crippen LogP contribution in [0, 0.1) is 0 Å². The van der Waals surface area contributed by atoms with Gasteiger partial charge in [-0.25, -0.2) is 8.42 Å². The normalized spacial score (nSPS) is 11.6. The quantitative estimate of drug-likeness (QED) is 0.771. The van der Waals surface area contributed by atoms with E-state index in [1.54, 1.807) is 13.8 Å². The van der Waals surface area contributed by atoms with Crippen molar-refractivity contribution in [2.24, 2.45) is 5.73 Å². The van der Waals surface area contributed by atoms with E-state index >= 15 is 0 Å². The Labute approximate surface area is 127 Å². The molecule has 0 saturated heterocycles. The molecule has 0 aliphatic rings. The molecule has 1 rings (SSSR count). The van der Waals surface area contributed by atoms with Crippen molar-refractivity contribution in [3.05, 3.63) is 35.9 Å². The van der Waals surface area contributed by atoms with Gasteiger partial charge in [-0.3, -0.25) is 4.79 Å². The maximum absolute atomic E-state index is 12.2. The van der Waals surface area contributed by atoms with Crippen molar-refractivity contribution >= 4 is 15.7 Å². The summed E-state index contributed by atoms with van der Waals surface area (Å²) in [5.74, 6) is -0.815. The number of amides is 1. The molecule has 1 aromatic rings. The van der Waals surface area contributed by atoms with Crippen molar-refractivity contribution < 1.29 is 13.2 Å². The van der Waals surface area contributed by atoms with Crippen LogP contribution in [0.5, 0.6) is 0 Å². The molecule has 1 aromatic carbocycles. The van der Waals surface area contributed by atoms with Crippen LogP contribution in [0.1, 0.15) is 19.4 Å². The third-order valence-corrected chi connectivity index (χ3v) is 5.39. The molecule has 0 spiro atoms. The minimum absolute atomic E-state index is 0.322. The van der Waals surface area contributed by atoms with Gasteiger partial charge >= 0.3 is 0 Å². The van der Waals surface area contributed by atoms with Gasteiger partial charge in [0.05, 0.1) is 5.25 Å². The first-order valence-electron chi connectivity index (χ1n) is 7.10. The van der Waals surface area contributed by atoms with Gasteiger partial charge in [0.25, 0.3) is 0 Å². The number of hydrogen-bond donors (Lipinski definition) is 1. The Hall–Kier alpha value is -1.40. The van der Waals surface area contributed by atoms with Gasteiger partial charge in [0.15, 0.2) is 9.84 Å². The SMILES string of the molecule is CC(C)S(=O)(=O)CC(=O)N(CCN)CCc1ccccc1. The fourth-order valence-corrected chi connectivity index (χ4v) is 2.72. The first-order chi connectivity index (χ1) is 9.86. The Morgan fingerprint density at radius 3 is 2.33 bits per heavy atom. The van der Waals surface area contributed by atoms with Gasteiger partial charge in [0.2, 0.25) is 5.91 Å². The highest BCUT2D eigenvalue weighted by Crippen LogP contribution is 2.05. The molecule has 5 nitrogen and oxygen atoms in total. The summed E-state index contributed by atoms with van der Waals surface area (Å²) in [5, 5.41) is -0.546. The highest BCUT2D eigenvalue weighted by atomic mass is 32.2. The maximum atomic E-state index is 12.2. The van der Waals surface area contributed by atoms with Crippen molar-refractivity contribution in [1.29, 1.82) is 0 Å². The molecule has 0 unspecified atom stereocenters. The minimum Gasteiger partial charge on any atom is -0.340 e. The van der Waals surface area contributed by atoms with E-state index in [9.17, 15) is 13.2 Å². The highest BCUT2D eigenvalue weighted by molar-refractivity contribution is 7.92. The van der Waals surface area contributed by atoms with Gasteiger partial charge in [-0.15, -0.1) is 0 Å². The zero-order valence-electron chi connectivity index (χ0n) is 12.7. The molecule has 0 aliphatic carbocycles. The van der Waals surface area contributed by atoms with Crippen LogP contribution in [0.4, 0.5) is 0 Å². The van der Waals surface area contributed by atoms with E-state index in [1.165, 1.54) is 4.90 Å². The molecule has 21 heavy (non-hydrogen) atoms. The standard InChI is InChI=1S/C15H24N2O3S/c1-13(2)21(19,20)12-15(18)17(11-9-16)10-8-14-6-4-3-5-7-14/h3-7,13H,8-12,16H2,1-2H3. The van der Waals surface area contributed by atoms with Crippen molar-refractivity contribution in [3.63, 3.8) is 0 Å². The molecule has 0 saturated carbocycles. The first-order valence-corrected chi connectivity index (χ1v) is 8.81. The lowest BCUT2D eigenvalue weighted by atomic mass is 10.1. The summed E-state index contributed by atoms with van der Waals surface area (Å²) in [5.41, 5.74) is 6.63. The minimum atomic E-state index is -3.38. The zero-order chi connectivity index (χ0) is 15.9. The smallest absolute Gasteiger partial charge is 0.237 e. The van der Waals surface area contributed by atoms with Gasteiger partial charge in [-0.05, 0) is 25.8 Å². The predicted molar refractivity (Wildman–Crippen MR) is 84.7 cm³/mol. The summed E-state index contributed by atoms with van der Waals surface area (Å²) in [6.45, 7) is 4.34. The number of rotatable bonds is 8. The molecule has 0 fully saturated rings. The van der Waals surface area contributed by atoms with E-state index < -0.39 is 20.8 Å². The average molecular weight is 312 g/mol. The van der Waals surface area contributed by atoms with Crippen molar-refractivity contribution in [3.8, 4) is 0 Å². The third-order valence-electron chi connectivity index (χ3n) is 3.31. The van der Waals surface area contributed by atoms with Gasteiger partial charge in [-0.1, -0.05) is 30.3 Å². The second-order valence-corrected chi connectivity index (χ2v) is 7.82. The molecular weight excluding hydrogens is 288 g/mol. The molecule has 0 bridgehead atoms. The summed E-state index contributed by atoms with van der Waals surface area (Å²) in [6.07, 6.45) is 0.689. The summed E-state index contributed by atoms with van der Waals surface area (Å²) in [4.78, 5) is 13.7. The van der Waals surface area contributed by atoms with Crippen LogP contribution in [-0.4, -0.2) is 49.9 Å². The van der Waals surface area contributed by atoms with E-state index in [2.05, 4.69) is 0 Å². The van der Waals surface area contributed by atoms with E-state index in [4.69, 9.17) is 5.73 Å². The van der Waals surface area contributed by atoms with Crippen LogP contribution >= 0.6 is 0 Å². The van der Waals surface area contributed by atoms with Crippen molar-refractivity contribution in [1.82, 2.24) is 4.90 Å². The topological polar surface area (TPSA) is 80.5 Å². The number of carbonyl (C=O) groups is 1. The number of carbonyl (C=O) groups excluding carboxylic acids is 1. The molecule has 118 valence electrons. The average Bonchev–Trinajstić information content (AvgIpc) is 2.43. The molecule has 0 aliphatic heterocycles. The second kappa shape index (κ2) is 8.14. The largest absolute Gasteiger partial charge is 0.340 e. The molecule has 0 radical (unpaired) electrons. The second-order valence-electron chi connectivity index (χ2n) is 5.26. The Kier molecular flexibility index (Phi) is 6.84. The van der Waals surface area contributed by atoms with Gasteiger partial charge in [0.1, 0.15) is 5.75 Å². The Balaban J connectivity index is 2.66. The Morgan fingerprint density at radius 2 is 1.81 bits per heavy atom. The van der Waals surface area contributed by atoms with Crippen LogP contribution < -0.4 is 5.73 Å². The Bertz CT molecular complexity index is 541. The first kappa shape index (κ1) is 17.7. The monoisotopic (exact) mass is 312 g/mol. The molecule has 0 atom stereocenters. The summed E-state index contributed by atoms with van der Waals surface area (Å²) in [6, 6.07) is 9.77.